The fourth-order valence-electron chi connectivity index (χ4n) is 2.46. The molecule has 1 rings (SSSR count). The molecule has 0 saturated carbocycles. The van der Waals surface area contributed by atoms with Gasteiger partial charge in [0.25, 0.3) is 0 Å². The molecule has 0 atom stereocenters. The number of amides is 2. The molecule has 0 radical (unpaired) electrons. The maximum absolute atomic E-state index is 11.7. The number of rotatable bonds is 14. The van der Waals surface area contributed by atoms with Crippen LogP contribution in [0.4, 0.5) is 4.79 Å². The van der Waals surface area contributed by atoms with E-state index in [2.05, 4.69) is 10.6 Å². The summed E-state index contributed by atoms with van der Waals surface area (Å²) < 4.78 is 5.09. The van der Waals surface area contributed by atoms with Crippen molar-refractivity contribution < 1.29 is 24.2 Å². The van der Waals surface area contributed by atoms with Crippen LogP contribution in [0.1, 0.15) is 56.9 Å². The van der Waals surface area contributed by atoms with Crippen molar-refractivity contribution in [2.45, 2.75) is 58.0 Å². The lowest BCUT2D eigenvalue weighted by molar-refractivity contribution is -0.137. The number of nitrogens with one attached hydrogen (secondary N) is 2. The van der Waals surface area contributed by atoms with E-state index >= 15 is 0 Å². The average Bonchev–Trinajstić information content (AvgIpc) is 2.66. The highest BCUT2D eigenvalue weighted by atomic mass is 16.5. The van der Waals surface area contributed by atoms with Gasteiger partial charge in [-0.3, -0.25) is 9.59 Å². The second-order valence-electron chi connectivity index (χ2n) is 6.35. The number of hydrogen-bond donors (Lipinski definition) is 3. The van der Waals surface area contributed by atoms with Crippen LogP contribution >= 0.6 is 0 Å². The van der Waals surface area contributed by atoms with Crippen LogP contribution in [0.25, 0.3) is 0 Å². The molecule has 27 heavy (non-hydrogen) atoms. The molecular formula is C20H30N2O5. The summed E-state index contributed by atoms with van der Waals surface area (Å²) in [5.74, 6) is -0.750. The minimum atomic E-state index is -0.756. The number of aliphatic carboxylic acids is 1. The van der Waals surface area contributed by atoms with Crippen LogP contribution < -0.4 is 10.6 Å². The zero-order valence-corrected chi connectivity index (χ0v) is 15.7. The molecule has 1 aromatic carbocycles. The van der Waals surface area contributed by atoms with E-state index in [9.17, 15) is 14.4 Å². The average molecular weight is 378 g/mol. The Morgan fingerprint density at radius 2 is 1.44 bits per heavy atom. The number of hydrogen-bond acceptors (Lipinski definition) is 4. The van der Waals surface area contributed by atoms with Crippen LogP contribution in [0, 0.1) is 0 Å². The molecule has 0 saturated heterocycles. The van der Waals surface area contributed by atoms with Crippen molar-refractivity contribution in [1.29, 1.82) is 0 Å². The van der Waals surface area contributed by atoms with Crippen molar-refractivity contribution in [2.75, 3.05) is 13.1 Å². The standard InChI is InChI=1S/C20H30N2O5/c23-18(12-7-2-1-3-8-13-19(24)25)21-14-9-15-22-20(26)27-16-17-10-5-4-6-11-17/h4-6,10-11H,1-3,7-9,12-16H2,(H,21,23)(H,22,26)(H,24,25). The fraction of sp³-hybridized carbons (Fsp3) is 0.550. The lowest BCUT2D eigenvalue weighted by atomic mass is 10.1. The zero-order chi connectivity index (χ0) is 19.7. The molecule has 1 aromatic rings. The molecular weight excluding hydrogens is 348 g/mol. The first kappa shape index (κ1) is 22.5. The highest BCUT2D eigenvalue weighted by molar-refractivity contribution is 5.75. The van der Waals surface area contributed by atoms with E-state index in [0.29, 0.717) is 32.4 Å². The molecule has 0 aliphatic rings. The summed E-state index contributed by atoms with van der Waals surface area (Å²) in [5.41, 5.74) is 0.932. The summed E-state index contributed by atoms with van der Waals surface area (Å²) in [7, 11) is 0. The van der Waals surface area contributed by atoms with Gasteiger partial charge >= 0.3 is 12.1 Å². The van der Waals surface area contributed by atoms with E-state index in [0.717, 1.165) is 31.2 Å². The van der Waals surface area contributed by atoms with Gasteiger partial charge in [0.15, 0.2) is 0 Å². The first-order valence-electron chi connectivity index (χ1n) is 9.51. The van der Waals surface area contributed by atoms with Crippen molar-refractivity contribution in [2.24, 2.45) is 0 Å². The lowest BCUT2D eigenvalue weighted by Crippen LogP contribution is -2.30. The van der Waals surface area contributed by atoms with Gasteiger partial charge in [-0.05, 0) is 24.8 Å². The molecule has 0 spiro atoms. The highest BCUT2D eigenvalue weighted by Crippen LogP contribution is 2.07. The first-order valence-corrected chi connectivity index (χ1v) is 9.51. The summed E-state index contributed by atoms with van der Waals surface area (Å²) >= 11 is 0. The topological polar surface area (TPSA) is 105 Å². The van der Waals surface area contributed by atoms with E-state index in [1.807, 2.05) is 30.3 Å². The summed E-state index contributed by atoms with van der Waals surface area (Å²) in [5, 5.41) is 14.0. The van der Waals surface area contributed by atoms with Gasteiger partial charge < -0.3 is 20.5 Å². The molecule has 0 fully saturated rings. The molecule has 0 aliphatic heterocycles. The van der Waals surface area contributed by atoms with Gasteiger partial charge in [0.2, 0.25) is 5.91 Å². The van der Waals surface area contributed by atoms with Crippen LogP contribution in [-0.2, 0) is 20.9 Å². The van der Waals surface area contributed by atoms with Gasteiger partial charge in [-0.2, -0.15) is 0 Å². The van der Waals surface area contributed by atoms with Gasteiger partial charge in [-0.25, -0.2) is 4.79 Å². The Labute approximate surface area is 160 Å². The molecule has 150 valence electrons. The van der Waals surface area contributed by atoms with E-state index < -0.39 is 12.1 Å². The van der Waals surface area contributed by atoms with Gasteiger partial charge in [-0.15, -0.1) is 0 Å². The Hall–Kier alpha value is -2.57. The van der Waals surface area contributed by atoms with Gasteiger partial charge in [0, 0.05) is 25.9 Å². The van der Waals surface area contributed by atoms with Crippen LogP contribution in [0.2, 0.25) is 0 Å². The van der Waals surface area contributed by atoms with Crippen molar-refractivity contribution >= 4 is 18.0 Å². The number of alkyl carbamates (subject to hydrolysis) is 1. The smallest absolute Gasteiger partial charge is 0.407 e. The van der Waals surface area contributed by atoms with E-state index in [4.69, 9.17) is 9.84 Å². The number of carbonyl (C=O) groups excluding carboxylic acids is 2. The van der Waals surface area contributed by atoms with E-state index in [-0.39, 0.29) is 18.9 Å². The molecule has 0 unspecified atom stereocenters. The van der Waals surface area contributed by atoms with Crippen LogP contribution in [0.5, 0.6) is 0 Å². The molecule has 7 heteroatoms. The minimum Gasteiger partial charge on any atom is -0.481 e. The Kier molecular flexibility index (Phi) is 12.1. The third-order valence-electron chi connectivity index (χ3n) is 3.95. The third kappa shape index (κ3) is 13.3. The van der Waals surface area contributed by atoms with E-state index in [1.165, 1.54) is 0 Å². The zero-order valence-electron chi connectivity index (χ0n) is 15.7. The number of carbonyl (C=O) groups is 3. The third-order valence-corrected chi connectivity index (χ3v) is 3.95. The maximum atomic E-state index is 11.7. The van der Waals surface area contributed by atoms with Gasteiger partial charge in [0.05, 0.1) is 0 Å². The Bertz CT molecular complexity index is 563. The number of benzene rings is 1. The van der Waals surface area contributed by atoms with Gasteiger partial charge in [0.1, 0.15) is 6.61 Å². The Morgan fingerprint density at radius 1 is 0.815 bits per heavy atom. The predicted molar refractivity (Wildman–Crippen MR) is 102 cm³/mol. The van der Waals surface area contributed by atoms with Crippen molar-refractivity contribution in [1.82, 2.24) is 10.6 Å². The molecule has 2 amide bonds. The summed E-state index contributed by atoms with van der Waals surface area (Å²) in [6.07, 6.45) is 5.15. The number of unbranched alkanes of at least 4 members (excludes halogenated alkanes) is 4. The first-order chi connectivity index (χ1) is 13.1. The van der Waals surface area contributed by atoms with Crippen molar-refractivity contribution in [3.05, 3.63) is 35.9 Å². The monoisotopic (exact) mass is 378 g/mol. The minimum absolute atomic E-state index is 0.00666. The van der Waals surface area contributed by atoms with Crippen LogP contribution in [0.3, 0.4) is 0 Å². The Balaban J connectivity index is 1.90. The van der Waals surface area contributed by atoms with Gasteiger partial charge in [-0.1, -0.05) is 49.6 Å². The Morgan fingerprint density at radius 3 is 2.15 bits per heavy atom. The quantitative estimate of drug-likeness (QED) is 0.431. The molecule has 0 heterocycles. The predicted octanol–water partition coefficient (Wildman–Crippen LogP) is 3.23. The lowest BCUT2D eigenvalue weighted by Gasteiger charge is -2.08. The second-order valence-corrected chi connectivity index (χ2v) is 6.35. The van der Waals surface area contributed by atoms with Crippen molar-refractivity contribution in [3.8, 4) is 0 Å². The summed E-state index contributed by atoms with van der Waals surface area (Å²) in [6.45, 7) is 1.19. The van der Waals surface area contributed by atoms with Crippen molar-refractivity contribution in [3.63, 3.8) is 0 Å². The van der Waals surface area contributed by atoms with Crippen LogP contribution in [0.15, 0.2) is 30.3 Å². The summed E-state index contributed by atoms with van der Waals surface area (Å²) in [6, 6.07) is 9.45. The van der Waals surface area contributed by atoms with E-state index in [1.54, 1.807) is 0 Å². The SMILES string of the molecule is O=C(O)CCCCCCCC(=O)NCCCNC(=O)OCc1ccccc1. The molecule has 7 nitrogen and oxygen atoms in total. The molecule has 0 aromatic heterocycles. The molecule has 0 bridgehead atoms. The normalized spacial score (nSPS) is 10.2. The number of carboxylic acids is 1. The number of ether oxygens (including phenoxy) is 1. The molecule has 3 N–H and O–H groups in total. The maximum Gasteiger partial charge on any atom is 0.407 e. The van der Waals surface area contributed by atoms with Crippen LogP contribution in [-0.4, -0.2) is 36.2 Å². The highest BCUT2D eigenvalue weighted by Gasteiger charge is 2.03. The largest absolute Gasteiger partial charge is 0.481 e. The molecule has 0 aliphatic carbocycles. The fourth-order valence-corrected chi connectivity index (χ4v) is 2.46. The number of carboxylic acid groups (broad SMARTS) is 1. The summed E-state index contributed by atoms with van der Waals surface area (Å²) in [4.78, 5) is 33.6. The second kappa shape index (κ2) is 14.6.